The van der Waals surface area contributed by atoms with Gasteiger partial charge in [0.25, 0.3) is 0 Å². The molecule has 4 heteroatoms. The molecule has 1 heterocycles. The molecular formula is C56H38FN3. The van der Waals surface area contributed by atoms with Gasteiger partial charge in [-0.05, 0) is 148 Å². The van der Waals surface area contributed by atoms with Crippen molar-refractivity contribution < 1.29 is 4.39 Å². The van der Waals surface area contributed by atoms with Crippen molar-refractivity contribution in [1.82, 2.24) is 4.57 Å². The summed E-state index contributed by atoms with van der Waals surface area (Å²) in [6, 6.07) is 80.2. The first-order valence-electron chi connectivity index (χ1n) is 20.3. The zero-order valence-electron chi connectivity index (χ0n) is 32.7. The molecule has 0 atom stereocenters. The molecule has 284 valence electrons. The minimum atomic E-state index is -0.244. The highest BCUT2D eigenvalue weighted by Crippen LogP contribution is 2.43. The number of aromatic nitrogens is 1. The third kappa shape index (κ3) is 6.23. The van der Waals surface area contributed by atoms with Crippen LogP contribution in [-0.4, -0.2) is 4.57 Å². The summed E-state index contributed by atoms with van der Waals surface area (Å²) in [5.74, 6) is -0.244. The van der Waals surface area contributed by atoms with Crippen LogP contribution in [-0.2, 0) is 0 Å². The lowest BCUT2D eigenvalue weighted by atomic mass is 9.97. The molecule has 11 rings (SSSR count). The third-order valence-electron chi connectivity index (χ3n) is 11.6. The summed E-state index contributed by atoms with van der Waals surface area (Å²) in [4.78, 5) is 4.61. The summed E-state index contributed by atoms with van der Waals surface area (Å²) >= 11 is 0. The molecule has 0 amide bonds. The van der Waals surface area contributed by atoms with Gasteiger partial charge in [-0.2, -0.15) is 0 Å². The van der Waals surface area contributed by atoms with Crippen molar-refractivity contribution in [3.8, 4) is 27.9 Å². The van der Waals surface area contributed by atoms with Crippen LogP contribution in [0.1, 0.15) is 0 Å². The Hall–Kier alpha value is -7.95. The van der Waals surface area contributed by atoms with Gasteiger partial charge in [0, 0.05) is 50.6 Å². The van der Waals surface area contributed by atoms with Crippen LogP contribution in [0.5, 0.6) is 0 Å². The molecule has 60 heavy (non-hydrogen) atoms. The number of para-hydroxylation sites is 2. The zero-order valence-corrected chi connectivity index (χ0v) is 32.7. The summed E-state index contributed by atoms with van der Waals surface area (Å²) in [7, 11) is 0. The first kappa shape index (κ1) is 35.2. The number of hydrogen-bond acceptors (Lipinski definition) is 2. The fraction of sp³-hybridized carbons (Fsp3) is 0. The number of rotatable bonds is 9. The van der Waals surface area contributed by atoms with Gasteiger partial charge in [-0.1, -0.05) is 115 Å². The lowest BCUT2D eigenvalue weighted by Crippen LogP contribution is -2.12. The van der Waals surface area contributed by atoms with Crippen LogP contribution in [0.3, 0.4) is 0 Å². The SMILES string of the molecule is Fc1ccc(-n2c3cccc4ccc5cc(-c6ccc(N(c7ccc(-c8ccccc8)cc7)c7ccc(N(c8ccccc8)c8ccccc8)cc7)cc6)cc2c5c43)cc1. The first-order chi connectivity index (χ1) is 29.7. The van der Waals surface area contributed by atoms with E-state index in [0.717, 1.165) is 62.0 Å². The highest BCUT2D eigenvalue weighted by molar-refractivity contribution is 6.25. The van der Waals surface area contributed by atoms with Crippen LogP contribution in [0.4, 0.5) is 38.5 Å². The highest BCUT2D eigenvalue weighted by Gasteiger charge is 2.20. The van der Waals surface area contributed by atoms with Crippen molar-refractivity contribution in [3.63, 3.8) is 0 Å². The summed E-state index contributed by atoms with van der Waals surface area (Å²) in [6.07, 6.45) is 0. The van der Waals surface area contributed by atoms with Crippen molar-refractivity contribution in [2.24, 2.45) is 0 Å². The molecule has 0 N–H and O–H groups in total. The van der Waals surface area contributed by atoms with Crippen LogP contribution in [0.15, 0.2) is 231 Å². The van der Waals surface area contributed by atoms with E-state index in [1.807, 2.05) is 12.1 Å². The molecule has 0 aliphatic heterocycles. The van der Waals surface area contributed by atoms with Crippen molar-refractivity contribution in [2.45, 2.75) is 0 Å². The van der Waals surface area contributed by atoms with E-state index in [2.05, 4.69) is 221 Å². The Kier molecular flexibility index (Phi) is 8.67. The lowest BCUT2D eigenvalue weighted by molar-refractivity contribution is 0.627. The van der Waals surface area contributed by atoms with Gasteiger partial charge in [-0.25, -0.2) is 4.39 Å². The van der Waals surface area contributed by atoms with Crippen LogP contribution < -0.4 is 9.80 Å². The van der Waals surface area contributed by atoms with Gasteiger partial charge in [0.05, 0.1) is 11.0 Å². The molecule has 0 spiro atoms. The van der Waals surface area contributed by atoms with E-state index in [1.54, 1.807) is 0 Å². The molecule has 0 radical (unpaired) electrons. The van der Waals surface area contributed by atoms with E-state index in [0.29, 0.717) is 0 Å². The Labute approximate surface area is 348 Å². The first-order valence-corrected chi connectivity index (χ1v) is 20.3. The molecule has 0 aliphatic carbocycles. The molecule has 10 aromatic carbocycles. The molecular weight excluding hydrogens is 734 g/mol. The molecule has 1 aromatic heterocycles. The average molecular weight is 772 g/mol. The maximum atomic E-state index is 14.1. The van der Waals surface area contributed by atoms with Gasteiger partial charge in [-0.3, -0.25) is 0 Å². The van der Waals surface area contributed by atoms with E-state index < -0.39 is 0 Å². The summed E-state index contributed by atoms with van der Waals surface area (Å²) < 4.78 is 16.4. The minimum absolute atomic E-state index is 0.244. The molecule has 0 aliphatic rings. The Morgan fingerprint density at radius 1 is 0.300 bits per heavy atom. The van der Waals surface area contributed by atoms with Gasteiger partial charge in [-0.15, -0.1) is 0 Å². The second-order valence-corrected chi connectivity index (χ2v) is 15.2. The van der Waals surface area contributed by atoms with Gasteiger partial charge in [0.2, 0.25) is 0 Å². The van der Waals surface area contributed by atoms with Crippen molar-refractivity contribution in [3.05, 3.63) is 236 Å². The average Bonchev–Trinajstić information content (AvgIpc) is 3.66. The van der Waals surface area contributed by atoms with Crippen LogP contribution >= 0.6 is 0 Å². The Bertz CT molecular complexity index is 3180. The number of halogens is 1. The molecule has 0 bridgehead atoms. The van der Waals surface area contributed by atoms with E-state index in [1.165, 1.54) is 44.8 Å². The molecule has 3 nitrogen and oxygen atoms in total. The summed E-state index contributed by atoms with van der Waals surface area (Å²) in [6.45, 7) is 0. The van der Waals surface area contributed by atoms with Gasteiger partial charge < -0.3 is 14.4 Å². The van der Waals surface area contributed by atoms with E-state index >= 15 is 0 Å². The summed E-state index contributed by atoms with van der Waals surface area (Å²) in [5, 5.41) is 4.82. The third-order valence-corrected chi connectivity index (χ3v) is 11.6. The fourth-order valence-electron chi connectivity index (χ4n) is 8.76. The number of hydrogen-bond donors (Lipinski definition) is 0. The Morgan fingerprint density at radius 2 is 0.733 bits per heavy atom. The van der Waals surface area contributed by atoms with E-state index in [4.69, 9.17) is 0 Å². The topological polar surface area (TPSA) is 11.4 Å². The zero-order chi connectivity index (χ0) is 40.0. The maximum absolute atomic E-state index is 14.1. The molecule has 0 saturated heterocycles. The summed E-state index contributed by atoms with van der Waals surface area (Å²) in [5.41, 5.74) is 14.2. The van der Waals surface area contributed by atoms with Crippen molar-refractivity contribution in [2.75, 3.05) is 9.80 Å². The smallest absolute Gasteiger partial charge is 0.123 e. The lowest BCUT2D eigenvalue weighted by Gasteiger charge is -2.28. The highest BCUT2D eigenvalue weighted by atomic mass is 19.1. The van der Waals surface area contributed by atoms with Crippen LogP contribution in [0.2, 0.25) is 0 Å². The monoisotopic (exact) mass is 771 g/mol. The van der Waals surface area contributed by atoms with Crippen molar-refractivity contribution in [1.29, 1.82) is 0 Å². The van der Waals surface area contributed by atoms with Gasteiger partial charge >= 0.3 is 0 Å². The molecule has 11 aromatic rings. The maximum Gasteiger partial charge on any atom is 0.123 e. The Morgan fingerprint density at radius 3 is 1.28 bits per heavy atom. The standard InChI is InChI=1S/C56H38FN3/c57-45-25-31-52(32-26-45)60-53-18-10-13-42-19-20-43-37-44(38-54(60)56(43)55(42)53)41-23-29-49(30-24-41)59(48-27-21-40(22-28-48)39-11-4-1-5-12-39)51-35-33-50(34-36-51)58(46-14-6-2-7-15-46)47-16-8-3-9-17-47/h1-38H. The van der Waals surface area contributed by atoms with Crippen LogP contribution in [0.25, 0.3) is 60.5 Å². The van der Waals surface area contributed by atoms with Gasteiger partial charge in [0.15, 0.2) is 0 Å². The van der Waals surface area contributed by atoms with Crippen LogP contribution in [0, 0.1) is 5.82 Å². The molecule has 0 saturated carbocycles. The number of nitrogens with zero attached hydrogens (tertiary/aromatic N) is 3. The Balaban J connectivity index is 1.01. The van der Waals surface area contributed by atoms with E-state index in [-0.39, 0.29) is 5.82 Å². The predicted octanol–water partition coefficient (Wildman–Crippen LogP) is 15.8. The predicted molar refractivity (Wildman–Crippen MR) is 250 cm³/mol. The second kappa shape index (κ2) is 14.8. The molecule has 0 fully saturated rings. The normalized spacial score (nSPS) is 11.4. The number of anilines is 6. The quantitative estimate of drug-likeness (QED) is 0.135. The van der Waals surface area contributed by atoms with Gasteiger partial charge in [0.1, 0.15) is 5.82 Å². The fourth-order valence-corrected chi connectivity index (χ4v) is 8.76. The second-order valence-electron chi connectivity index (χ2n) is 15.2. The number of benzene rings is 10. The largest absolute Gasteiger partial charge is 0.311 e. The minimum Gasteiger partial charge on any atom is -0.311 e. The molecule has 0 unspecified atom stereocenters. The van der Waals surface area contributed by atoms with Crippen molar-refractivity contribution >= 4 is 66.7 Å². The van der Waals surface area contributed by atoms with E-state index in [9.17, 15) is 4.39 Å².